The third kappa shape index (κ3) is 3.69. The van der Waals surface area contributed by atoms with Crippen molar-refractivity contribution in [3.63, 3.8) is 0 Å². The molecule has 2 aromatic carbocycles. The molecule has 1 aromatic heterocycles. The molecular formula is C23H12F3N3O4S. The van der Waals surface area contributed by atoms with Crippen molar-refractivity contribution in [2.75, 3.05) is 4.90 Å². The summed E-state index contributed by atoms with van der Waals surface area (Å²) in [5, 5.41) is 10.2. The van der Waals surface area contributed by atoms with Gasteiger partial charge in [0.25, 0.3) is 17.7 Å². The lowest BCUT2D eigenvalue weighted by atomic mass is 10.0. The van der Waals surface area contributed by atoms with E-state index in [0.29, 0.717) is 17.1 Å². The number of imide groups is 1. The molecule has 1 saturated heterocycles. The summed E-state index contributed by atoms with van der Waals surface area (Å²) < 4.78 is 44.2. The molecule has 0 bridgehead atoms. The lowest BCUT2D eigenvalue weighted by Gasteiger charge is -2.15. The van der Waals surface area contributed by atoms with E-state index in [9.17, 15) is 27.6 Å². The van der Waals surface area contributed by atoms with E-state index in [4.69, 9.17) is 9.83 Å². The summed E-state index contributed by atoms with van der Waals surface area (Å²) in [6.45, 7) is 0. The molecule has 7 nitrogen and oxygen atoms in total. The normalized spacial score (nSPS) is 17.0. The molecule has 11 heteroatoms. The van der Waals surface area contributed by atoms with Gasteiger partial charge in [0.2, 0.25) is 0 Å². The summed E-state index contributed by atoms with van der Waals surface area (Å²) in [4.78, 5) is 37.6. The van der Waals surface area contributed by atoms with Crippen molar-refractivity contribution >= 4 is 46.4 Å². The Morgan fingerprint density at radius 3 is 2.35 bits per heavy atom. The summed E-state index contributed by atoms with van der Waals surface area (Å²) >= 11 is 0.851. The fraction of sp³-hybridized carbons (Fsp3) is 0.0435. The molecule has 0 radical (unpaired) electrons. The number of rotatable bonds is 3. The van der Waals surface area contributed by atoms with Crippen LogP contribution >= 0.6 is 11.8 Å². The van der Waals surface area contributed by atoms with Gasteiger partial charge < -0.3 is 4.42 Å². The second-order valence-electron chi connectivity index (χ2n) is 7.35. The van der Waals surface area contributed by atoms with Crippen LogP contribution in [0.1, 0.15) is 32.0 Å². The highest BCUT2D eigenvalue weighted by Gasteiger charge is 2.35. The highest BCUT2D eigenvalue weighted by atomic mass is 32.2. The van der Waals surface area contributed by atoms with Gasteiger partial charge in [-0.2, -0.15) is 13.2 Å². The van der Waals surface area contributed by atoms with Gasteiger partial charge in [-0.05, 0) is 60.3 Å². The largest absolute Gasteiger partial charge is 0.457 e. The number of amidine groups is 1. The maximum atomic E-state index is 12.8. The Labute approximate surface area is 193 Å². The number of benzene rings is 2. The number of fused-ring (bicyclic) bond motifs is 1. The van der Waals surface area contributed by atoms with Crippen molar-refractivity contribution in [3.05, 3.63) is 82.0 Å². The van der Waals surface area contributed by atoms with E-state index in [0.717, 1.165) is 40.9 Å². The Morgan fingerprint density at radius 1 is 0.941 bits per heavy atom. The minimum atomic E-state index is -4.50. The highest BCUT2D eigenvalue weighted by Crippen LogP contribution is 2.37. The van der Waals surface area contributed by atoms with Crippen molar-refractivity contribution < 1.29 is 32.0 Å². The Kier molecular flexibility index (Phi) is 4.94. The molecule has 0 aliphatic carbocycles. The fourth-order valence-electron chi connectivity index (χ4n) is 3.56. The van der Waals surface area contributed by atoms with Crippen molar-refractivity contribution in [2.45, 2.75) is 6.18 Å². The second-order valence-corrected chi connectivity index (χ2v) is 8.38. The van der Waals surface area contributed by atoms with Crippen LogP contribution in [0.3, 0.4) is 0 Å². The van der Waals surface area contributed by atoms with Crippen molar-refractivity contribution in [1.29, 1.82) is 5.41 Å². The van der Waals surface area contributed by atoms with E-state index in [1.165, 1.54) is 18.2 Å². The molecule has 3 amide bonds. The average Bonchev–Trinajstić information content (AvgIpc) is 3.45. The molecule has 34 heavy (non-hydrogen) atoms. The Morgan fingerprint density at radius 2 is 1.65 bits per heavy atom. The Hall–Kier alpha value is -4.12. The van der Waals surface area contributed by atoms with Gasteiger partial charge in [0, 0.05) is 11.6 Å². The number of carbonyl (C=O) groups is 3. The van der Waals surface area contributed by atoms with Crippen LogP contribution in [0, 0.1) is 5.41 Å². The lowest BCUT2D eigenvalue weighted by molar-refractivity contribution is -0.137. The number of alkyl halides is 3. The number of nitrogens with zero attached hydrogens (tertiary/aromatic N) is 1. The van der Waals surface area contributed by atoms with Crippen molar-refractivity contribution in [2.24, 2.45) is 0 Å². The van der Waals surface area contributed by atoms with Gasteiger partial charge in [-0.1, -0.05) is 6.07 Å². The van der Waals surface area contributed by atoms with Crippen LogP contribution in [0.5, 0.6) is 0 Å². The van der Waals surface area contributed by atoms with Crippen LogP contribution in [0.15, 0.2) is 63.9 Å². The van der Waals surface area contributed by atoms with Crippen LogP contribution in [-0.4, -0.2) is 22.9 Å². The van der Waals surface area contributed by atoms with Gasteiger partial charge >= 0.3 is 6.18 Å². The van der Waals surface area contributed by atoms with Gasteiger partial charge in [0.15, 0.2) is 5.17 Å². The highest BCUT2D eigenvalue weighted by molar-refractivity contribution is 8.19. The zero-order valence-electron chi connectivity index (χ0n) is 16.9. The number of anilines is 1. The van der Waals surface area contributed by atoms with E-state index in [2.05, 4.69) is 5.32 Å². The van der Waals surface area contributed by atoms with Crippen LogP contribution in [-0.2, 0) is 11.0 Å². The molecule has 1 fully saturated rings. The molecule has 3 aromatic rings. The number of thioether (sulfide) groups is 1. The summed E-state index contributed by atoms with van der Waals surface area (Å²) in [5.41, 5.74) is 0.357. The molecule has 2 aliphatic heterocycles. The van der Waals surface area contributed by atoms with Gasteiger partial charge in [0.05, 0.1) is 27.3 Å². The van der Waals surface area contributed by atoms with Gasteiger partial charge in [-0.15, -0.1) is 0 Å². The quantitative estimate of drug-likeness (QED) is 0.407. The number of halogens is 3. The van der Waals surface area contributed by atoms with Crippen molar-refractivity contribution in [3.8, 4) is 11.3 Å². The first-order valence-corrected chi connectivity index (χ1v) is 10.5. The monoisotopic (exact) mass is 483 g/mol. The zero-order valence-corrected chi connectivity index (χ0v) is 17.7. The molecule has 2 N–H and O–H groups in total. The molecule has 0 spiro atoms. The number of hydrogen-bond donors (Lipinski definition) is 2. The number of furan rings is 1. The number of amides is 3. The fourth-order valence-corrected chi connectivity index (χ4v) is 4.40. The first-order chi connectivity index (χ1) is 16.1. The third-order valence-corrected chi connectivity index (χ3v) is 6.09. The minimum absolute atomic E-state index is 0.144. The van der Waals surface area contributed by atoms with E-state index >= 15 is 0 Å². The molecule has 5 rings (SSSR count). The summed E-state index contributed by atoms with van der Waals surface area (Å²) in [5.74, 6) is -0.833. The minimum Gasteiger partial charge on any atom is -0.457 e. The summed E-state index contributed by atoms with van der Waals surface area (Å²) in [7, 11) is 0. The molecule has 0 saturated carbocycles. The number of hydrogen-bond acceptors (Lipinski definition) is 6. The zero-order chi connectivity index (χ0) is 24.2. The van der Waals surface area contributed by atoms with Gasteiger partial charge in [-0.3, -0.25) is 30.0 Å². The topological polar surface area (TPSA) is 103 Å². The molecule has 3 heterocycles. The number of nitrogens with one attached hydrogen (secondary N) is 2. The third-order valence-electron chi connectivity index (χ3n) is 5.20. The molecule has 2 aliphatic rings. The van der Waals surface area contributed by atoms with Crippen LogP contribution in [0.4, 0.5) is 18.9 Å². The predicted octanol–water partition coefficient (Wildman–Crippen LogP) is 4.90. The standard InChI is InChI=1S/C23H12F3N3O4S/c24-23(25,26)12-2-4-13(5-3-12)29-21(32)18(34-22(29)27)10-14-6-8-17(33-14)11-1-7-15-16(9-11)20(31)28-19(15)30/h1-10,27H,(H,28,30,31). The SMILES string of the molecule is N=C1SC(=Cc2ccc(-c3ccc4c(c3)C(=O)NC4=O)o2)C(=O)N1c1ccc(C(F)(F)F)cc1. The Bertz CT molecular complexity index is 1420. The first kappa shape index (κ1) is 21.7. The van der Waals surface area contributed by atoms with Crippen molar-refractivity contribution in [1.82, 2.24) is 5.32 Å². The molecular weight excluding hydrogens is 471 g/mol. The summed E-state index contributed by atoms with van der Waals surface area (Å²) in [6.07, 6.45) is -3.07. The number of carbonyl (C=O) groups excluding carboxylic acids is 3. The second kappa shape index (κ2) is 7.73. The Balaban J connectivity index is 1.39. The molecule has 0 atom stereocenters. The predicted molar refractivity (Wildman–Crippen MR) is 118 cm³/mol. The van der Waals surface area contributed by atoms with E-state index in [1.54, 1.807) is 18.2 Å². The van der Waals surface area contributed by atoms with E-state index < -0.39 is 29.5 Å². The van der Waals surface area contributed by atoms with E-state index in [1.807, 2.05) is 0 Å². The lowest BCUT2D eigenvalue weighted by Crippen LogP contribution is -2.28. The van der Waals surface area contributed by atoms with Gasteiger partial charge in [0.1, 0.15) is 11.5 Å². The molecule has 0 unspecified atom stereocenters. The smallest absolute Gasteiger partial charge is 0.416 e. The maximum Gasteiger partial charge on any atom is 0.416 e. The van der Waals surface area contributed by atoms with E-state index in [-0.39, 0.29) is 26.9 Å². The van der Waals surface area contributed by atoms with Crippen LogP contribution in [0.25, 0.3) is 17.4 Å². The maximum absolute atomic E-state index is 12.8. The van der Waals surface area contributed by atoms with Gasteiger partial charge in [-0.25, -0.2) is 0 Å². The first-order valence-electron chi connectivity index (χ1n) is 9.71. The summed E-state index contributed by atoms with van der Waals surface area (Å²) in [6, 6.07) is 11.9. The van der Waals surface area contributed by atoms with Crippen LogP contribution in [0.2, 0.25) is 0 Å². The van der Waals surface area contributed by atoms with Crippen LogP contribution < -0.4 is 10.2 Å². The average molecular weight is 483 g/mol. The molecule has 170 valence electrons.